The molecule has 1 atom stereocenters. The molecule has 4 heteroatoms. The van der Waals surface area contributed by atoms with Crippen LogP contribution in [0.1, 0.15) is 11.3 Å². The molecule has 0 bridgehead atoms. The van der Waals surface area contributed by atoms with Gasteiger partial charge in [0, 0.05) is 37.7 Å². The molecule has 102 valence electrons. The van der Waals surface area contributed by atoms with Crippen molar-refractivity contribution in [2.24, 2.45) is 5.92 Å². The molecule has 1 saturated heterocycles. The minimum atomic E-state index is 0.729. The van der Waals surface area contributed by atoms with E-state index < -0.39 is 0 Å². The van der Waals surface area contributed by atoms with Crippen molar-refractivity contribution in [2.75, 3.05) is 46.9 Å². The SMILES string of the molecule is CN(C)CCN(Cc1cccs1)CC1CCOC1. The van der Waals surface area contributed by atoms with Crippen LogP contribution in [0.5, 0.6) is 0 Å². The van der Waals surface area contributed by atoms with E-state index in [1.807, 2.05) is 11.3 Å². The molecule has 0 amide bonds. The Labute approximate surface area is 114 Å². The first-order valence-corrected chi connectivity index (χ1v) is 7.59. The number of likely N-dealkylation sites (N-methyl/N-ethyl adjacent to an activating group) is 1. The van der Waals surface area contributed by atoms with E-state index in [2.05, 4.69) is 41.4 Å². The predicted octanol–water partition coefficient (Wildman–Crippen LogP) is 2.15. The van der Waals surface area contributed by atoms with Crippen LogP contribution in [-0.2, 0) is 11.3 Å². The number of ether oxygens (including phenoxy) is 1. The van der Waals surface area contributed by atoms with Crippen LogP contribution >= 0.6 is 11.3 Å². The van der Waals surface area contributed by atoms with E-state index in [4.69, 9.17) is 4.74 Å². The van der Waals surface area contributed by atoms with Crippen LogP contribution in [0.25, 0.3) is 0 Å². The molecule has 0 saturated carbocycles. The average Bonchev–Trinajstić information content (AvgIpc) is 2.98. The third-order valence-corrected chi connectivity index (χ3v) is 4.22. The smallest absolute Gasteiger partial charge is 0.0507 e. The van der Waals surface area contributed by atoms with Crippen LogP contribution in [0, 0.1) is 5.92 Å². The molecular weight excluding hydrogens is 244 g/mol. The Morgan fingerprint density at radius 3 is 2.89 bits per heavy atom. The monoisotopic (exact) mass is 268 g/mol. The molecule has 1 aliphatic rings. The largest absolute Gasteiger partial charge is 0.381 e. The van der Waals surface area contributed by atoms with Crippen molar-refractivity contribution >= 4 is 11.3 Å². The van der Waals surface area contributed by atoms with Crippen molar-refractivity contribution in [2.45, 2.75) is 13.0 Å². The van der Waals surface area contributed by atoms with E-state index >= 15 is 0 Å². The van der Waals surface area contributed by atoms with Gasteiger partial charge in [-0.25, -0.2) is 0 Å². The zero-order valence-electron chi connectivity index (χ0n) is 11.5. The first-order valence-electron chi connectivity index (χ1n) is 6.71. The number of rotatable bonds is 7. The highest BCUT2D eigenvalue weighted by Crippen LogP contribution is 2.17. The van der Waals surface area contributed by atoms with Gasteiger partial charge in [-0.3, -0.25) is 4.90 Å². The van der Waals surface area contributed by atoms with Crippen molar-refractivity contribution in [1.29, 1.82) is 0 Å². The molecule has 3 nitrogen and oxygen atoms in total. The van der Waals surface area contributed by atoms with Crippen molar-refractivity contribution in [3.05, 3.63) is 22.4 Å². The molecule has 0 N–H and O–H groups in total. The van der Waals surface area contributed by atoms with Gasteiger partial charge in [-0.15, -0.1) is 11.3 Å². The Balaban J connectivity index is 1.84. The first kappa shape index (κ1) is 14.0. The predicted molar refractivity (Wildman–Crippen MR) is 77.1 cm³/mol. The Bertz CT molecular complexity index is 321. The van der Waals surface area contributed by atoms with Crippen molar-refractivity contribution in [1.82, 2.24) is 9.80 Å². The molecule has 1 unspecified atom stereocenters. The van der Waals surface area contributed by atoms with Crippen molar-refractivity contribution < 1.29 is 4.74 Å². The fourth-order valence-electron chi connectivity index (χ4n) is 2.29. The fraction of sp³-hybridized carbons (Fsp3) is 0.714. The topological polar surface area (TPSA) is 15.7 Å². The number of hydrogen-bond donors (Lipinski definition) is 0. The highest BCUT2D eigenvalue weighted by atomic mass is 32.1. The summed E-state index contributed by atoms with van der Waals surface area (Å²) in [5.74, 6) is 0.729. The summed E-state index contributed by atoms with van der Waals surface area (Å²) in [7, 11) is 4.28. The standard InChI is InChI=1S/C14H24N2OS/c1-15(2)6-7-16(10-13-5-8-17-12-13)11-14-4-3-9-18-14/h3-4,9,13H,5-8,10-12H2,1-2H3. The van der Waals surface area contributed by atoms with Gasteiger partial charge < -0.3 is 9.64 Å². The summed E-state index contributed by atoms with van der Waals surface area (Å²) < 4.78 is 5.48. The van der Waals surface area contributed by atoms with Gasteiger partial charge in [0.25, 0.3) is 0 Å². The summed E-state index contributed by atoms with van der Waals surface area (Å²) in [4.78, 5) is 6.30. The van der Waals surface area contributed by atoms with E-state index in [1.165, 1.54) is 17.8 Å². The molecule has 18 heavy (non-hydrogen) atoms. The molecule has 0 aliphatic carbocycles. The molecule has 1 fully saturated rings. The Hall–Kier alpha value is -0.420. The minimum absolute atomic E-state index is 0.729. The zero-order chi connectivity index (χ0) is 12.8. The summed E-state index contributed by atoms with van der Waals surface area (Å²) in [6, 6.07) is 4.38. The molecule has 2 rings (SSSR count). The zero-order valence-corrected chi connectivity index (χ0v) is 12.3. The lowest BCUT2D eigenvalue weighted by molar-refractivity contribution is 0.160. The molecule has 1 aromatic rings. The average molecular weight is 268 g/mol. The van der Waals surface area contributed by atoms with Gasteiger partial charge in [-0.05, 0) is 37.9 Å². The maximum Gasteiger partial charge on any atom is 0.0507 e. The number of nitrogens with zero attached hydrogens (tertiary/aromatic N) is 2. The van der Waals surface area contributed by atoms with E-state index in [0.717, 1.165) is 38.8 Å². The molecule has 2 heterocycles. The van der Waals surface area contributed by atoms with E-state index in [0.29, 0.717) is 0 Å². The summed E-state index contributed by atoms with van der Waals surface area (Å²) in [6.07, 6.45) is 1.23. The summed E-state index contributed by atoms with van der Waals surface area (Å²) in [5.41, 5.74) is 0. The lowest BCUT2D eigenvalue weighted by atomic mass is 10.1. The van der Waals surface area contributed by atoms with E-state index in [1.54, 1.807) is 0 Å². The lowest BCUT2D eigenvalue weighted by Crippen LogP contribution is -2.35. The quantitative estimate of drug-likeness (QED) is 0.753. The third kappa shape index (κ3) is 4.69. The van der Waals surface area contributed by atoms with Crippen LogP contribution in [0.3, 0.4) is 0 Å². The van der Waals surface area contributed by atoms with Gasteiger partial charge in [-0.2, -0.15) is 0 Å². The Kier molecular flexibility index (Phi) is 5.63. The van der Waals surface area contributed by atoms with Gasteiger partial charge in [0.1, 0.15) is 0 Å². The van der Waals surface area contributed by atoms with Crippen LogP contribution < -0.4 is 0 Å². The fourth-order valence-corrected chi connectivity index (χ4v) is 3.04. The number of thiophene rings is 1. The number of hydrogen-bond acceptors (Lipinski definition) is 4. The maximum atomic E-state index is 5.48. The molecule has 1 aliphatic heterocycles. The lowest BCUT2D eigenvalue weighted by Gasteiger charge is -2.25. The second kappa shape index (κ2) is 7.24. The highest BCUT2D eigenvalue weighted by molar-refractivity contribution is 7.09. The third-order valence-electron chi connectivity index (χ3n) is 3.36. The van der Waals surface area contributed by atoms with Crippen LogP contribution in [0.2, 0.25) is 0 Å². The van der Waals surface area contributed by atoms with Gasteiger partial charge >= 0.3 is 0 Å². The summed E-state index contributed by atoms with van der Waals surface area (Å²) >= 11 is 1.86. The molecule has 0 spiro atoms. The molecule has 0 aromatic carbocycles. The van der Waals surface area contributed by atoms with Gasteiger partial charge in [0.2, 0.25) is 0 Å². The van der Waals surface area contributed by atoms with Crippen LogP contribution in [0.15, 0.2) is 17.5 Å². The first-order chi connectivity index (χ1) is 8.74. The van der Waals surface area contributed by atoms with Crippen molar-refractivity contribution in [3.8, 4) is 0 Å². The maximum absolute atomic E-state index is 5.48. The second-order valence-electron chi connectivity index (χ2n) is 5.35. The summed E-state index contributed by atoms with van der Waals surface area (Å²) in [6.45, 7) is 6.42. The Morgan fingerprint density at radius 2 is 2.28 bits per heavy atom. The minimum Gasteiger partial charge on any atom is -0.381 e. The normalized spacial score (nSPS) is 20.1. The van der Waals surface area contributed by atoms with Crippen LogP contribution in [-0.4, -0.2) is 56.7 Å². The van der Waals surface area contributed by atoms with Gasteiger partial charge in [-0.1, -0.05) is 6.07 Å². The van der Waals surface area contributed by atoms with E-state index in [9.17, 15) is 0 Å². The molecule has 1 aromatic heterocycles. The molecular formula is C14H24N2OS. The van der Waals surface area contributed by atoms with Crippen LogP contribution in [0.4, 0.5) is 0 Å². The second-order valence-corrected chi connectivity index (χ2v) is 6.38. The highest BCUT2D eigenvalue weighted by Gasteiger charge is 2.19. The molecule has 0 radical (unpaired) electrons. The Morgan fingerprint density at radius 1 is 1.39 bits per heavy atom. The van der Waals surface area contributed by atoms with Gasteiger partial charge in [0.15, 0.2) is 0 Å². The van der Waals surface area contributed by atoms with Gasteiger partial charge in [0.05, 0.1) is 6.61 Å². The van der Waals surface area contributed by atoms with Crippen molar-refractivity contribution in [3.63, 3.8) is 0 Å². The summed E-state index contributed by atoms with van der Waals surface area (Å²) in [5, 5.41) is 2.16. The van der Waals surface area contributed by atoms with E-state index in [-0.39, 0.29) is 0 Å².